The number of aromatic nitrogens is 7. The lowest BCUT2D eigenvalue weighted by atomic mass is 10.2. The van der Waals surface area contributed by atoms with E-state index in [1.54, 1.807) is 4.68 Å². The third-order valence-corrected chi connectivity index (χ3v) is 5.81. The molecule has 8 nitrogen and oxygen atoms in total. The van der Waals surface area contributed by atoms with Gasteiger partial charge in [0.2, 0.25) is 0 Å². The molecule has 3 atom stereocenters. The number of hydrogen-bond acceptors (Lipinski definition) is 6. The highest BCUT2D eigenvalue weighted by Crippen LogP contribution is 2.54. The van der Waals surface area contributed by atoms with Crippen LogP contribution in [0.4, 0.5) is 0 Å². The minimum absolute atomic E-state index is 0.296. The Labute approximate surface area is 174 Å². The number of benzene rings is 1. The van der Waals surface area contributed by atoms with Crippen molar-refractivity contribution in [2.75, 3.05) is 0 Å². The quantitative estimate of drug-likeness (QED) is 0.550. The standard InChI is InChI=1S/C22H25N7O/c1-5-19(30)22-25-13(3)27-29(22)20-11-17(23-12(2)24-20)14-10-15(14)21-26-16-8-6-7-9-18(16)28(21)4/h6-9,11,14-15,19,30H,5,10H2,1-4H3/t14-,15?,19?/m1/s1. The van der Waals surface area contributed by atoms with Crippen LogP contribution in [0.5, 0.6) is 0 Å². The summed E-state index contributed by atoms with van der Waals surface area (Å²) in [7, 11) is 2.08. The van der Waals surface area contributed by atoms with Gasteiger partial charge in [-0.25, -0.2) is 19.9 Å². The largest absolute Gasteiger partial charge is 0.385 e. The zero-order chi connectivity index (χ0) is 21.0. The van der Waals surface area contributed by atoms with E-state index in [9.17, 15) is 5.11 Å². The Morgan fingerprint density at radius 2 is 1.87 bits per heavy atom. The molecule has 30 heavy (non-hydrogen) atoms. The molecule has 0 spiro atoms. The summed E-state index contributed by atoms with van der Waals surface area (Å²) in [5.41, 5.74) is 3.16. The molecule has 154 valence electrons. The molecule has 0 amide bonds. The number of rotatable bonds is 5. The van der Waals surface area contributed by atoms with Gasteiger partial charge in [-0.3, -0.25) is 0 Å². The first kappa shape index (κ1) is 18.9. The molecule has 1 aliphatic carbocycles. The van der Waals surface area contributed by atoms with Crippen LogP contribution in [0.2, 0.25) is 0 Å². The lowest BCUT2D eigenvalue weighted by molar-refractivity contribution is 0.160. The molecule has 0 radical (unpaired) electrons. The molecular weight excluding hydrogens is 378 g/mol. The summed E-state index contributed by atoms with van der Waals surface area (Å²) >= 11 is 0. The fourth-order valence-corrected chi connectivity index (χ4v) is 4.17. The third kappa shape index (κ3) is 3.08. The summed E-state index contributed by atoms with van der Waals surface area (Å²) in [5.74, 6) is 4.19. The zero-order valence-electron chi connectivity index (χ0n) is 17.6. The minimum Gasteiger partial charge on any atom is -0.385 e. The van der Waals surface area contributed by atoms with E-state index in [-0.39, 0.29) is 0 Å². The molecule has 3 aromatic heterocycles. The van der Waals surface area contributed by atoms with Crippen LogP contribution in [-0.4, -0.2) is 39.4 Å². The van der Waals surface area contributed by atoms with Crippen LogP contribution >= 0.6 is 0 Å². The van der Waals surface area contributed by atoms with Gasteiger partial charge in [-0.15, -0.1) is 5.10 Å². The highest BCUT2D eigenvalue weighted by molar-refractivity contribution is 5.76. The topological polar surface area (TPSA) is 94.5 Å². The molecule has 3 heterocycles. The Balaban J connectivity index is 1.50. The van der Waals surface area contributed by atoms with Crippen LogP contribution in [-0.2, 0) is 7.05 Å². The van der Waals surface area contributed by atoms with Gasteiger partial charge in [0.15, 0.2) is 11.6 Å². The van der Waals surface area contributed by atoms with Crippen molar-refractivity contribution in [3.8, 4) is 5.82 Å². The van der Waals surface area contributed by atoms with E-state index in [1.165, 1.54) is 0 Å². The number of nitrogens with zero attached hydrogens (tertiary/aromatic N) is 7. The van der Waals surface area contributed by atoms with Gasteiger partial charge in [0.05, 0.1) is 16.7 Å². The van der Waals surface area contributed by atoms with Gasteiger partial charge in [-0.05, 0) is 38.8 Å². The Bertz CT molecular complexity index is 1240. The second-order valence-electron chi connectivity index (χ2n) is 8.02. The molecule has 1 fully saturated rings. The van der Waals surface area contributed by atoms with E-state index < -0.39 is 6.10 Å². The summed E-state index contributed by atoms with van der Waals surface area (Å²) in [5, 5.41) is 14.8. The van der Waals surface area contributed by atoms with Gasteiger partial charge in [-0.1, -0.05) is 19.1 Å². The Morgan fingerprint density at radius 3 is 2.63 bits per heavy atom. The number of para-hydroxylation sites is 2. The van der Waals surface area contributed by atoms with Crippen molar-refractivity contribution in [2.24, 2.45) is 7.05 Å². The van der Waals surface area contributed by atoms with Crippen LogP contribution < -0.4 is 0 Å². The Kier molecular flexibility index (Phi) is 4.39. The van der Waals surface area contributed by atoms with E-state index in [2.05, 4.69) is 38.8 Å². The molecule has 0 bridgehead atoms. The maximum Gasteiger partial charge on any atom is 0.162 e. The van der Waals surface area contributed by atoms with Gasteiger partial charge in [0, 0.05) is 24.9 Å². The minimum atomic E-state index is -0.682. The molecule has 0 aliphatic heterocycles. The summed E-state index contributed by atoms with van der Waals surface area (Å²) in [6.07, 6.45) is 0.888. The maximum atomic E-state index is 10.4. The van der Waals surface area contributed by atoms with Crippen molar-refractivity contribution >= 4 is 11.0 Å². The van der Waals surface area contributed by atoms with Crippen LogP contribution in [0, 0.1) is 13.8 Å². The van der Waals surface area contributed by atoms with Gasteiger partial charge in [0.25, 0.3) is 0 Å². The Morgan fingerprint density at radius 1 is 1.07 bits per heavy atom. The van der Waals surface area contributed by atoms with Gasteiger partial charge >= 0.3 is 0 Å². The third-order valence-electron chi connectivity index (χ3n) is 5.81. The fourth-order valence-electron chi connectivity index (χ4n) is 4.17. The van der Waals surface area contributed by atoms with Gasteiger partial charge in [-0.2, -0.15) is 4.68 Å². The van der Waals surface area contributed by atoms with E-state index >= 15 is 0 Å². The van der Waals surface area contributed by atoms with E-state index in [4.69, 9.17) is 9.97 Å². The predicted octanol–water partition coefficient (Wildman–Crippen LogP) is 3.28. The summed E-state index contributed by atoms with van der Waals surface area (Å²) in [6.45, 7) is 5.63. The highest BCUT2D eigenvalue weighted by Gasteiger charge is 2.44. The molecule has 2 unspecified atom stereocenters. The molecule has 1 aliphatic rings. The molecule has 0 saturated heterocycles. The number of aliphatic hydroxyl groups excluding tert-OH is 1. The number of imidazole rings is 1. The summed E-state index contributed by atoms with van der Waals surface area (Å²) in [6, 6.07) is 10.2. The predicted molar refractivity (Wildman–Crippen MR) is 112 cm³/mol. The maximum absolute atomic E-state index is 10.4. The normalized spacial score (nSPS) is 19.4. The van der Waals surface area contributed by atoms with Crippen LogP contribution in [0.1, 0.15) is 66.7 Å². The second kappa shape index (κ2) is 6.98. The number of aliphatic hydroxyl groups is 1. The molecular formula is C22H25N7O. The van der Waals surface area contributed by atoms with Crippen molar-refractivity contribution in [3.63, 3.8) is 0 Å². The fraction of sp³-hybridized carbons (Fsp3) is 0.409. The van der Waals surface area contributed by atoms with E-state index in [0.717, 1.165) is 29.0 Å². The lowest BCUT2D eigenvalue weighted by Gasteiger charge is -2.11. The second-order valence-corrected chi connectivity index (χ2v) is 8.02. The zero-order valence-corrected chi connectivity index (χ0v) is 17.6. The molecule has 1 aromatic carbocycles. The molecule has 4 aromatic rings. The average molecular weight is 403 g/mol. The first-order valence-electron chi connectivity index (χ1n) is 10.3. The SMILES string of the molecule is CCC(O)c1nc(C)nn1-c1cc([C@@H]2CC2c2nc3ccccc3n2C)nc(C)n1. The van der Waals surface area contributed by atoms with Crippen molar-refractivity contribution < 1.29 is 5.11 Å². The monoisotopic (exact) mass is 403 g/mol. The summed E-state index contributed by atoms with van der Waals surface area (Å²) < 4.78 is 3.83. The summed E-state index contributed by atoms with van der Waals surface area (Å²) in [4.78, 5) is 18.6. The molecule has 1 saturated carbocycles. The van der Waals surface area contributed by atoms with Crippen LogP contribution in [0.15, 0.2) is 30.3 Å². The Hall–Kier alpha value is -3.13. The van der Waals surface area contributed by atoms with Crippen molar-refractivity contribution in [1.82, 2.24) is 34.3 Å². The first-order chi connectivity index (χ1) is 14.5. The van der Waals surface area contributed by atoms with Gasteiger partial charge in [0.1, 0.15) is 23.6 Å². The molecule has 5 rings (SSSR count). The molecule has 1 N–H and O–H groups in total. The van der Waals surface area contributed by atoms with Crippen molar-refractivity contribution in [1.29, 1.82) is 0 Å². The number of aryl methyl sites for hydroxylation is 3. The van der Waals surface area contributed by atoms with Gasteiger partial charge < -0.3 is 9.67 Å². The smallest absolute Gasteiger partial charge is 0.162 e. The van der Waals surface area contributed by atoms with E-state index in [1.807, 2.05) is 39.0 Å². The highest BCUT2D eigenvalue weighted by atomic mass is 16.3. The number of fused-ring (bicyclic) bond motifs is 1. The van der Waals surface area contributed by atoms with Crippen molar-refractivity contribution in [2.45, 2.75) is 51.6 Å². The first-order valence-corrected chi connectivity index (χ1v) is 10.3. The number of hydrogen-bond donors (Lipinski definition) is 1. The average Bonchev–Trinajstić information content (AvgIpc) is 3.33. The lowest BCUT2D eigenvalue weighted by Crippen LogP contribution is -2.11. The molecule has 8 heteroatoms. The van der Waals surface area contributed by atoms with Crippen LogP contribution in [0.25, 0.3) is 16.9 Å². The van der Waals surface area contributed by atoms with Crippen LogP contribution in [0.3, 0.4) is 0 Å². The van der Waals surface area contributed by atoms with E-state index in [0.29, 0.717) is 41.5 Å². The van der Waals surface area contributed by atoms with Crippen molar-refractivity contribution in [3.05, 3.63) is 59.3 Å².